The molecule has 1 aliphatic rings. The van der Waals surface area contributed by atoms with Gasteiger partial charge in [0.2, 0.25) is 0 Å². The van der Waals surface area contributed by atoms with Crippen LogP contribution in [0.1, 0.15) is 12.8 Å². The van der Waals surface area contributed by atoms with Gasteiger partial charge in [0.1, 0.15) is 0 Å². The van der Waals surface area contributed by atoms with Gasteiger partial charge < -0.3 is 10.1 Å². The molecule has 17 heavy (non-hydrogen) atoms. The number of halogens is 1. The van der Waals surface area contributed by atoms with Gasteiger partial charge in [-0.1, -0.05) is 17.7 Å². The Labute approximate surface area is 112 Å². The second-order valence-corrected chi connectivity index (χ2v) is 5.96. The van der Waals surface area contributed by atoms with Crippen molar-refractivity contribution in [3.63, 3.8) is 0 Å². The molecule has 0 bridgehead atoms. The van der Waals surface area contributed by atoms with Crippen LogP contribution < -0.4 is 5.32 Å². The van der Waals surface area contributed by atoms with Crippen molar-refractivity contribution in [2.75, 3.05) is 30.8 Å². The van der Waals surface area contributed by atoms with Gasteiger partial charge in [-0.15, -0.1) is 0 Å². The number of hydrogen-bond acceptors (Lipinski definition) is 3. The van der Waals surface area contributed by atoms with Crippen molar-refractivity contribution in [1.82, 2.24) is 0 Å². The minimum atomic E-state index is 0.782. The van der Waals surface area contributed by atoms with Gasteiger partial charge in [0.15, 0.2) is 0 Å². The molecule has 2 nitrogen and oxygen atoms in total. The number of ether oxygens (including phenoxy) is 1. The summed E-state index contributed by atoms with van der Waals surface area (Å²) >= 11 is 7.97. The number of benzene rings is 1. The van der Waals surface area contributed by atoms with Gasteiger partial charge in [0.25, 0.3) is 0 Å². The molecule has 0 spiro atoms. The second-order valence-electron chi connectivity index (χ2n) is 4.12. The summed E-state index contributed by atoms with van der Waals surface area (Å²) in [4.78, 5) is 0. The predicted molar refractivity (Wildman–Crippen MR) is 76.2 cm³/mol. The highest BCUT2D eigenvalue weighted by Gasteiger charge is 2.13. The summed E-state index contributed by atoms with van der Waals surface area (Å²) < 4.78 is 5.34. The SMILES string of the molecule is Clc1cccc(NCCSC2CCOCC2)c1. The minimum Gasteiger partial charge on any atom is -0.384 e. The summed E-state index contributed by atoms with van der Waals surface area (Å²) in [7, 11) is 0. The van der Waals surface area contributed by atoms with E-state index < -0.39 is 0 Å². The van der Waals surface area contributed by atoms with E-state index in [1.807, 2.05) is 36.0 Å². The van der Waals surface area contributed by atoms with Crippen LogP contribution in [0.15, 0.2) is 24.3 Å². The van der Waals surface area contributed by atoms with E-state index in [1.165, 1.54) is 12.8 Å². The standard InChI is InChI=1S/C13H18ClNOS/c14-11-2-1-3-12(10-11)15-6-9-17-13-4-7-16-8-5-13/h1-3,10,13,15H,4-9H2. The van der Waals surface area contributed by atoms with Crippen LogP contribution in [0.4, 0.5) is 5.69 Å². The highest BCUT2D eigenvalue weighted by Crippen LogP contribution is 2.22. The van der Waals surface area contributed by atoms with Crippen molar-refractivity contribution in [2.45, 2.75) is 18.1 Å². The Kier molecular flexibility index (Phi) is 5.49. The van der Waals surface area contributed by atoms with Crippen molar-refractivity contribution >= 4 is 29.1 Å². The molecule has 0 unspecified atom stereocenters. The quantitative estimate of drug-likeness (QED) is 0.826. The first kappa shape index (κ1) is 13.1. The summed E-state index contributed by atoms with van der Waals surface area (Å²) in [5.74, 6) is 1.14. The van der Waals surface area contributed by atoms with Gasteiger partial charge in [-0.25, -0.2) is 0 Å². The zero-order valence-electron chi connectivity index (χ0n) is 9.82. The zero-order chi connectivity index (χ0) is 11.9. The Morgan fingerprint density at radius 1 is 1.35 bits per heavy atom. The average Bonchev–Trinajstić information content (AvgIpc) is 2.36. The molecule has 0 amide bonds. The third-order valence-corrected chi connectivity index (χ3v) is 4.40. The maximum Gasteiger partial charge on any atom is 0.0476 e. The molecule has 0 aliphatic carbocycles. The van der Waals surface area contributed by atoms with Crippen LogP contribution in [0.2, 0.25) is 5.02 Å². The predicted octanol–water partition coefficient (Wildman–Crippen LogP) is 3.66. The lowest BCUT2D eigenvalue weighted by molar-refractivity contribution is 0.100. The van der Waals surface area contributed by atoms with E-state index in [4.69, 9.17) is 16.3 Å². The molecule has 1 heterocycles. The first-order valence-corrected chi connectivity index (χ1v) is 7.46. The molecule has 94 valence electrons. The van der Waals surface area contributed by atoms with Crippen molar-refractivity contribution < 1.29 is 4.74 Å². The monoisotopic (exact) mass is 271 g/mol. The Bertz CT molecular complexity index is 342. The van der Waals surface area contributed by atoms with Gasteiger partial charge in [-0.2, -0.15) is 11.8 Å². The Balaban J connectivity index is 1.62. The van der Waals surface area contributed by atoms with E-state index in [2.05, 4.69) is 5.32 Å². The second kappa shape index (κ2) is 7.14. The first-order chi connectivity index (χ1) is 8.34. The highest BCUT2D eigenvalue weighted by molar-refractivity contribution is 7.99. The van der Waals surface area contributed by atoms with Crippen molar-refractivity contribution in [3.05, 3.63) is 29.3 Å². The smallest absolute Gasteiger partial charge is 0.0476 e. The maximum atomic E-state index is 5.92. The lowest BCUT2D eigenvalue weighted by atomic mass is 10.2. The van der Waals surface area contributed by atoms with E-state index in [0.29, 0.717) is 0 Å². The van der Waals surface area contributed by atoms with Crippen LogP contribution in [-0.2, 0) is 4.74 Å². The zero-order valence-corrected chi connectivity index (χ0v) is 11.4. The minimum absolute atomic E-state index is 0.782. The maximum absolute atomic E-state index is 5.92. The molecule has 4 heteroatoms. The Morgan fingerprint density at radius 2 is 2.18 bits per heavy atom. The molecule has 1 aromatic rings. The molecule has 0 aromatic heterocycles. The molecule has 2 rings (SSSR count). The Hall–Kier alpha value is -0.380. The van der Waals surface area contributed by atoms with Crippen molar-refractivity contribution in [1.29, 1.82) is 0 Å². The fraction of sp³-hybridized carbons (Fsp3) is 0.538. The molecular weight excluding hydrogens is 254 g/mol. The number of anilines is 1. The van der Waals surface area contributed by atoms with Crippen molar-refractivity contribution in [3.8, 4) is 0 Å². The van der Waals surface area contributed by atoms with Crippen LogP contribution in [0.5, 0.6) is 0 Å². The van der Waals surface area contributed by atoms with Crippen molar-refractivity contribution in [2.24, 2.45) is 0 Å². The van der Waals surface area contributed by atoms with Gasteiger partial charge >= 0.3 is 0 Å². The summed E-state index contributed by atoms with van der Waals surface area (Å²) in [6, 6.07) is 7.87. The molecule has 1 saturated heterocycles. The van der Waals surface area contributed by atoms with E-state index in [9.17, 15) is 0 Å². The number of hydrogen-bond donors (Lipinski definition) is 1. The first-order valence-electron chi connectivity index (χ1n) is 6.03. The van der Waals surface area contributed by atoms with Crippen LogP contribution in [0.25, 0.3) is 0 Å². The molecule has 1 aliphatic heterocycles. The number of nitrogens with one attached hydrogen (secondary N) is 1. The van der Waals surface area contributed by atoms with E-state index in [0.717, 1.165) is 41.5 Å². The summed E-state index contributed by atoms with van der Waals surface area (Å²) in [6.45, 7) is 2.85. The summed E-state index contributed by atoms with van der Waals surface area (Å²) in [5.41, 5.74) is 1.10. The number of rotatable bonds is 5. The molecule has 0 radical (unpaired) electrons. The van der Waals surface area contributed by atoms with E-state index in [1.54, 1.807) is 0 Å². The lowest BCUT2D eigenvalue weighted by Crippen LogP contribution is -2.19. The van der Waals surface area contributed by atoms with Gasteiger partial charge in [-0.05, 0) is 31.0 Å². The lowest BCUT2D eigenvalue weighted by Gasteiger charge is -2.21. The van der Waals surface area contributed by atoms with Crippen LogP contribution >= 0.6 is 23.4 Å². The fourth-order valence-electron chi connectivity index (χ4n) is 1.86. The largest absolute Gasteiger partial charge is 0.384 e. The van der Waals surface area contributed by atoms with Crippen LogP contribution in [-0.4, -0.2) is 30.8 Å². The van der Waals surface area contributed by atoms with Crippen LogP contribution in [0.3, 0.4) is 0 Å². The fourth-order valence-corrected chi connectivity index (χ4v) is 3.13. The molecule has 0 saturated carbocycles. The molecule has 1 N–H and O–H groups in total. The van der Waals surface area contributed by atoms with Gasteiger partial charge in [-0.3, -0.25) is 0 Å². The highest BCUT2D eigenvalue weighted by atomic mass is 35.5. The molecular formula is C13H18ClNOS. The topological polar surface area (TPSA) is 21.3 Å². The third-order valence-electron chi connectivity index (χ3n) is 2.78. The summed E-state index contributed by atoms with van der Waals surface area (Å²) in [5, 5.41) is 4.96. The average molecular weight is 272 g/mol. The van der Waals surface area contributed by atoms with E-state index >= 15 is 0 Å². The van der Waals surface area contributed by atoms with Crippen LogP contribution in [0, 0.1) is 0 Å². The Morgan fingerprint density at radius 3 is 2.94 bits per heavy atom. The number of thioether (sulfide) groups is 1. The van der Waals surface area contributed by atoms with Gasteiger partial charge in [0, 0.05) is 41.5 Å². The third kappa shape index (κ3) is 4.78. The van der Waals surface area contributed by atoms with Gasteiger partial charge in [0.05, 0.1) is 0 Å². The normalized spacial score (nSPS) is 17.0. The molecule has 1 fully saturated rings. The summed E-state index contributed by atoms with van der Waals surface area (Å²) in [6.07, 6.45) is 2.39. The van der Waals surface area contributed by atoms with E-state index in [-0.39, 0.29) is 0 Å². The molecule has 1 aromatic carbocycles. The molecule has 0 atom stereocenters.